The van der Waals surface area contributed by atoms with Crippen molar-refractivity contribution >= 4 is 28.3 Å². The Morgan fingerprint density at radius 1 is 1.19 bits per heavy atom. The molecule has 0 atom stereocenters. The van der Waals surface area contributed by atoms with Gasteiger partial charge in [-0.1, -0.05) is 0 Å². The van der Waals surface area contributed by atoms with Gasteiger partial charge in [0.25, 0.3) is 5.91 Å². The number of nitrogens with one attached hydrogen (secondary N) is 1. The summed E-state index contributed by atoms with van der Waals surface area (Å²) in [7, 11) is 0. The Bertz CT molecular complexity index is 985. The number of nitrogens with zero attached hydrogens (tertiary/aromatic N) is 3. The van der Waals surface area contributed by atoms with Gasteiger partial charge in [0, 0.05) is 24.5 Å². The van der Waals surface area contributed by atoms with Gasteiger partial charge in [-0.2, -0.15) is 0 Å². The first-order valence-electron chi connectivity index (χ1n) is 8.77. The first kappa shape index (κ1) is 17.4. The van der Waals surface area contributed by atoms with Gasteiger partial charge in [-0.25, -0.2) is 9.37 Å². The molecule has 0 spiro atoms. The molecule has 7 heteroatoms. The molecule has 1 saturated heterocycles. The zero-order chi connectivity index (χ0) is 18.8. The number of benzene rings is 1. The number of halogens is 1. The van der Waals surface area contributed by atoms with Crippen molar-refractivity contribution in [3.05, 3.63) is 59.7 Å². The minimum absolute atomic E-state index is 0.271. The van der Waals surface area contributed by atoms with Gasteiger partial charge in [0.05, 0.1) is 41.9 Å². The van der Waals surface area contributed by atoms with Crippen LogP contribution in [-0.2, 0) is 4.74 Å². The zero-order valence-electron chi connectivity index (χ0n) is 14.9. The summed E-state index contributed by atoms with van der Waals surface area (Å²) in [5.41, 5.74) is 2.13. The molecule has 138 valence electrons. The normalized spacial score (nSPS) is 14.4. The van der Waals surface area contributed by atoms with Gasteiger partial charge in [-0.05, 0) is 37.3 Å². The number of hydrogen-bond acceptors (Lipinski definition) is 5. The molecule has 1 aromatic carbocycles. The number of aryl methyl sites for hydroxylation is 1. The van der Waals surface area contributed by atoms with Crippen LogP contribution in [0.15, 0.2) is 42.6 Å². The highest BCUT2D eigenvalue weighted by Gasteiger charge is 2.14. The molecular formula is C20H19FN4O2. The molecule has 0 unspecified atom stereocenters. The Labute approximate surface area is 156 Å². The Balaban J connectivity index is 1.52. The second-order valence-electron chi connectivity index (χ2n) is 6.42. The van der Waals surface area contributed by atoms with E-state index < -0.39 is 0 Å². The van der Waals surface area contributed by atoms with Crippen molar-refractivity contribution in [1.82, 2.24) is 9.97 Å². The van der Waals surface area contributed by atoms with Gasteiger partial charge >= 0.3 is 0 Å². The van der Waals surface area contributed by atoms with Crippen molar-refractivity contribution in [2.24, 2.45) is 0 Å². The number of ether oxygens (including phenoxy) is 1. The van der Waals surface area contributed by atoms with E-state index in [0.29, 0.717) is 41.1 Å². The lowest BCUT2D eigenvalue weighted by atomic mass is 10.1. The fourth-order valence-electron chi connectivity index (χ4n) is 3.10. The summed E-state index contributed by atoms with van der Waals surface area (Å²) in [6, 6.07) is 9.77. The Kier molecular flexibility index (Phi) is 4.68. The van der Waals surface area contributed by atoms with Crippen LogP contribution in [0.25, 0.3) is 10.9 Å². The molecule has 1 fully saturated rings. The van der Waals surface area contributed by atoms with E-state index in [1.165, 1.54) is 12.1 Å². The fourth-order valence-corrected chi connectivity index (χ4v) is 3.10. The first-order chi connectivity index (χ1) is 13.1. The number of amides is 1. The van der Waals surface area contributed by atoms with Gasteiger partial charge < -0.3 is 15.0 Å². The molecule has 27 heavy (non-hydrogen) atoms. The molecular weight excluding hydrogens is 347 g/mol. The maximum Gasteiger partial charge on any atom is 0.257 e. The molecule has 6 nitrogen and oxygen atoms in total. The monoisotopic (exact) mass is 366 g/mol. The molecule has 4 rings (SSSR count). The third-order valence-electron chi connectivity index (χ3n) is 4.56. The summed E-state index contributed by atoms with van der Waals surface area (Å²) >= 11 is 0. The van der Waals surface area contributed by atoms with E-state index in [9.17, 15) is 9.18 Å². The van der Waals surface area contributed by atoms with Gasteiger partial charge in [0.2, 0.25) is 0 Å². The Hall–Kier alpha value is -3.06. The SMILES string of the molecule is Cc1nc2cc(F)ccc2cc1C(=O)Nc1ccc(N2CCOCC2)nc1. The number of pyridine rings is 2. The van der Waals surface area contributed by atoms with Crippen molar-refractivity contribution in [1.29, 1.82) is 0 Å². The quantitative estimate of drug-likeness (QED) is 0.771. The van der Waals surface area contributed by atoms with Crippen LogP contribution in [0.1, 0.15) is 16.1 Å². The zero-order valence-corrected chi connectivity index (χ0v) is 14.9. The van der Waals surface area contributed by atoms with Gasteiger partial charge in [-0.15, -0.1) is 0 Å². The summed E-state index contributed by atoms with van der Waals surface area (Å²) in [6.07, 6.45) is 1.64. The van der Waals surface area contributed by atoms with Gasteiger partial charge in [-0.3, -0.25) is 9.78 Å². The van der Waals surface area contributed by atoms with E-state index in [4.69, 9.17) is 4.74 Å². The maximum absolute atomic E-state index is 13.3. The van der Waals surface area contributed by atoms with Crippen LogP contribution >= 0.6 is 0 Å². The number of morpholine rings is 1. The number of hydrogen-bond donors (Lipinski definition) is 1. The number of carbonyl (C=O) groups is 1. The molecule has 0 radical (unpaired) electrons. The average molecular weight is 366 g/mol. The molecule has 0 aliphatic carbocycles. The van der Waals surface area contributed by atoms with Gasteiger partial charge in [0.1, 0.15) is 11.6 Å². The number of fused-ring (bicyclic) bond motifs is 1. The first-order valence-corrected chi connectivity index (χ1v) is 8.77. The molecule has 1 aliphatic heterocycles. The Morgan fingerprint density at radius 3 is 2.74 bits per heavy atom. The lowest BCUT2D eigenvalue weighted by Gasteiger charge is -2.27. The lowest BCUT2D eigenvalue weighted by Crippen LogP contribution is -2.36. The molecule has 3 aromatic rings. The molecule has 1 amide bonds. The highest BCUT2D eigenvalue weighted by atomic mass is 19.1. The van der Waals surface area contributed by atoms with E-state index in [0.717, 1.165) is 18.9 Å². The Morgan fingerprint density at radius 2 is 2.00 bits per heavy atom. The van der Waals surface area contributed by atoms with Crippen LogP contribution in [0.3, 0.4) is 0 Å². The van der Waals surface area contributed by atoms with Crippen LogP contribution in [0.4, 0.5) is 15.9 Å². The highest BCUT2D eigenvalue weighted by molar-refractivity contribution is 6.06. The number of anilines is 2. The second kappa shape index (κ2) is 7.28. The van der Waals surface area contributed by atoms with E-state index in [1.807, 2.05) is 12.1 Å². The maximum atomic E-state index is 13.3. The summed E-state index contributed by atoms with van der Waals surface area (Å²) < 4.78 is 18.7. The van der Waals surface area contributed by atoms with Crippen molar-refractivity contribution in [2.45, 2.75) is 6.92 Å². The molecule has 3 heterocycles. The second-order valence-corrected chi connectivity index (χ2v) is 6.42. The third-order valence-corrected chi connectivity index (χ3v) is 4.56. The van der Waals surface area contributed by atoms with E-state index >= 15 is 0 Å². The lowest BCUT2D eigenvalue weighted by molar-refractivity contribution is 0.102. The highest BCUT2D eigenvalue weighted by Crippen LogP contribution is 2.20. The predicted molar refractivity (Wildman–Crippen MR) is 102 cm³/mol. The van der Waals surface area contributed by atoms with Crippen LogP contribution < -0.4 is 10.2 Å². The largest absolute Gasteiger partial charge is 0.378 e. The standard InChI is InChI=1S/C20H19FN4O2/c1-13-17(10-14-2-3-15(21)11-18(14)23-13)20(26)24-16-4-5-19(22-12-16)25-6-8-27-9-7-25/h2-5,10-12H,6-9H2,1H3,(H,24,26). The van der Waals surface area contributed by atoms with Crippen molar-refractivity contribution in [3.63, 3.8) is 0 Å². The minimum Gasteiger partial charge on any atom is -0.378 e. The van der Waals surface area contributed by atoms with Crippen LogP contribution in [-0.4, -0.2) is 42.2 Å². The number of aromatic nitrogens is 2. The van der Waals surface area contributed by atoms with E-state index in [-0.39, 0.29) is 11.7 Å². The molecule has 0 saturated carbocycles. The van der Waals surface area contributed by atoms with Crippen molar-refractivity contribution in [3.8, 4) is 0 Å². The summed E-state index contributed by atoms with van der Waals surface area (Å²) in [6.45, 7) is 4.73. The summed E-state index contributed by atoms with van der Waals surface area (Å²) in [5.74, 6) is 0.243. The number of carbonyl (C=O) groups excluding carboxylic acids is 1. The molecule has 1 N–H and O–H groups in total. The fraction of sp³-hybridized carbons (Fsp3) is 0.250. The van der Waals surface area contributed by atoms with E-state index in [1.54, 1.807) is 25.3 Å². The van der Waals surface area contributed by atoms with Crippen molar-refractivity contribution in [2.75, 3.05) is 36.5 Å². The van der Waals surface area contributed by atoms with Gasteiger partial charge in [0.15, 0.2) is 0 Å². The minimum atomic E-state index is -0.349. The van der Waals surface area contributed by atoms with E-state index in [2.05, 4.69) is 20.2 Å². The average Bonchev–Trinajstić information content (AvgIpc) is 2.68. The molecule has 0 bridgehead atoms. The smallest absolute Gasteiger partial charge is 0.257 e. The summed E-state index contributed by atoms with van der Waals surface area (Å²) in [5, 5.41) is 3.56. The predicted octanol–water partition coefficient (Wildman–Crippen LogP) is 3.17. The molecule has 1 aliphatic rings. The van der Waals surface area contributed by atoms with Crippen LogP contribution in [0.2, 0.25) is 0 Å². The topological polar surface area (TPSA) is 67.4 Å². The van der Waals surface area contributed by atoms with Crippen LogP contribution in [0.5, 0.6) is 0 Å². The summed E-state index contributed by atoms with van der Waals surface area (Å²) in [4.78, 5) is 23.6. The van der Waals surface area contributed by atoms with Crippen molar-refractivity contribution < 1.29 is 13.9 Å². The molecule has 2 aromatic heterocycles. The van der Waals surface area contributed by atoms with Crippen LogP contribution in [0, 0.1) is 12.7 Å². The number of rotatable bonds is 3. The third kappa shape index (κ3) is 3.73.